The van der Waals surface area contributed by atoms with Crippen LogP contribution in [0.15, 0.2) is 60.7 Å². The number of benzene rings is 2. The van der Waals surface area contributed by atoms with Gasteiger partial charge in [0.2, 0.25) is 0 Å². The molecule has 0 amide bonds. The Balaban J connectivity index is 0.00000208. The number of aromatic hydroxyl groups is 1. The minimum atomic E-state index is -0.794. The molecule has 0 spiro atoms. The van der Waals surface area contributed by atoms with E-state index in [9.17, 15) is 15.3 Å². The molecule has 121 valence electrons. The number of aliphatic hydroxyl groups excluding tert-OH is 2. The van der Waals surface area contributed by atoms with Crippen molar-refractivity contribution < 1.29 is 59.4 Å². The summed E-state index contributed by atoms with van der Waals surface area (Å²) in [5.41, 5.74) is 9.28. The minimum Gasteiger partial charge on any atom is -0.699 e. The Hall–Kier alpha value is -0.898. The Morgan fingerprint density at radius 3 is 1.58 bits per heavy atom. The van der Waals surface area contributed by atoms with Crippen molar-refractivity contribution in [2.45, 2.75) is 12.2 Å². The second kappa shape index (κ2) is 8.46. The Morgan fingerprint density at radius 2 is 1.12 bits per heavy atom. The van der Waals surface area contributed by atoms with Crippen LogP contribution in [0.4, 0.5) is 5.69 Å². The van der Waals surface area contributed by atoms with Gasteiger partial charge in [-0.15, -0.1) is 17.0 Å². The summed E-state index contributed by atoms with van der Waals surface area (Å²) in [6, 6.07) is 16.7. The first-order valence-electron chi connectivity index (χ1n) is 7.11. The summed E-state index contributed by atoms with van der Waals surface area (Å²) in [5.74, 6) is 0.154. The zero-order valence-electron chi connectivity index (χ0n) is 12.8. The Morgan fingerprint density at radius 1 is 0.708 bits per heavy atom. The second-order valence-corrected chi connectivity index (χ2v) is 6.41. The summed E-state index contributed by atoms with van der Waals surface area (Å²) in [6.07, 6.45) is -1.57. The Kier molecular flexibility index (Phi) is 6.85. The van der Waals surface area contributed by atoms with Crippen molar-refractivity contribution in [1.82, 2.24) is 0 Å². The fourth-order valence-corrected chi connectivity index (χ4v) is 3.35. The molecule has 0 aliphatic carbocycles. The Bertz CT molecular complexity index is 721. The molecule has 4 N–H and O–H groups in total. The molecule has 6 heteroatoms. The van der Waals surface area contributed by atoms with Crippen molar-refractivity contribution in [2.24, 2.45) is 0 Å². The maximum Gasteiger partial charge on any atom is 0.115 e. The molecule has 24 heavy (non-hydrogen) atoms. The monoisotopic (exact) mass is 553 g/mol. The number of rotatable bonds is 4. The molecule has 1 radical (unpaired) electrons. The first-order valence-corrected chi connectivity index (χ1v) is 7.92. The Labute approximate surface area is 180 Å². The van der Waals surface area contributed by atoms with Gasteiger partial charge in [-0.3, -0.25) is 0 Å². The standard InChI is InChI=1S/C18H16NO3S.Ac/c19-13-5-1-11(2-6-13)17(21)15-9-10-16(23-15)18(22)12-3-7-14(20)8-4-12;/h1-10,17-22H;/q-1;. The summed E-state index contributed by atoms with van der Waals surface area (Å²) < 4.78 is 0. The van der Waals surface area contributed by atoms with Crippen LogP contribution in [0.1, 0.15) is 33.1 Å². The van der Waals surface area contributed by atoms with Crippen molar-refractivity contribution >= 4 is 17.0 Å². The third-order valence-corrected chi connectivity index (χ3v) is 4.81. The topological polar surface area (TPSA) is 84.5 Å². The second-order valence-electron chi connectivity index (χ2n) is 5.26. The van der Waals surface area contributed by atoms with Crippen LogP contribution in [0, 0.1) is 44.1 Å². The minimum absolute atomic E-state index is 0. The first kappa shape index (κ1) is 19.4. The van der Waals surface area contributed by atoms with Crippen LogP contribution in [0.25, 0.3) is 5.73 Å². The summed E-state index contributed by atoms with van der Waals surface area (Å²) in [6.45, 7) is 0. The van der Waals surface area contributed by atoms with Crippen LogP contribution >= 0.6 is 11.3 Å². The molecular formula is C18H16AcNO3S-. The van der Waals surface area contributed by atoms with Crippen molar-refractivity contribution in [1.29, 1.82) is 0 Å². The third-order valence-electron chi connectivity index (χ3n) is 3.62. The molecule has 2 unspecified atom stereocenters. The van der Waals surface area contributed by atoms with Gasteiger partial charge >= 0.3 is 0 Å². The van der Waals surface area contributed by atoms with E-state index in [0.29, 0.717) is 16.8 Å². The van der Waals surface area contributed by atoms with Gasteiger partial charge in [0.1, 0.15) is 18.0 Å². The molecule has 0 fully saturated rings. The number of hydrogen-bond donors (Lipinski definition) is 3. The summed E-state index contributed by atoms with van der Waals surface area (Å²) in [4.78, 5) is 1.46. The van der Waals surface area contributed by atoms with Gasteiger partial charge < -0.3 is 21.1 Å². The van der Waals surface area contributed by atoms with Gasteiger partial charge in [0, 0.05) is 53.8 Å². The van der Waals surface area contributed by atoms with E-state index in [1.165, 1.54) is 23.5 Å². The number of phenols is 1. The molecule has 2 atom stereocenters. The molecule has 3 rings (SSSR count). The predicted octanol–water partition coefficient (Wildman–Crippen LogP) is 4.30. The van der Waals surface area contributed by atoms with Crippen LogP contribution < -0.4 is 0 Å². The van der Waals surface area contributed by atoms with E-state index < -0.39 is 12.2 Å². The molecule has 0 aliphatic rings. The molecule has 0 aliphatic heterocycles. The quantitative estimate of drug-likeness (QED) is 0.451. The zero-order valence-corrected chi connectivity index (χ0v) is 18.3. The van der Waals surface area contributed by atoms with Crippen LogP contribution in [-0.4, -0.2) is 15.3 Å². The van der Waals surface area contributed by atoms with Gasteiger partial charge in [0.15, 0.2) is 0 Å². The number of hydrogen-bond acceptors (Lipinski definition) is 4. The summed E-state index contributed by atoms with van der Waals surface area (Å²) >= 11 is 1.34. The molecule has 1 heterocycles. The normalized spacial score (nSPS) is 13.1. The summed E-state index contributed by atoms with van der Waals surface area (Å²) in [7, 11) is 0. The van der Waals surface area contributed by atoms with E-state index in [-0.39, 0.29) is 49.8 Å². The van der Waals surface area contributed by atoms with Crippen LogP contribution in [-0.2, 0) is 0 Å². The van der Waals surface area contributed by atoms with Gasteiger partial charge in [-0.05, 0) is 35.4 Å². The van der Waals surface area contributed by atoms with Crippen LogP contribution in [0.3, 0.4) is 0 Å². The number of phenolic OH excluding ortho intramolecular Hbond substituents is 1. The van der Waals surface area contributed by atoms with Gasteiger partial charge in [0.05, 0.1) is 0 Å². The molecule has 0 saturated heterocycles. The van der Waals surface area contributed by atoms with Crippen molar-refractivity contribution in [2.75, 3.05) is 0 Å². The van der Waals surface area contributed by atoms with E-state index in [0.717, 1.165) is 9.75 Å². The number of nitrogens with one attached hydrogen (secondary N) is 1. The maximum absolute atomic E-state index is 10.4. The third kappa shape index (κ3) is 4.38. The first-order chi connectivity index (χ1) is 11.0. The molecule has 2 aromatic carbocycles. The van der Waals surface area contributed by atoms with E-state index in [1.54, 1.807) is 48.5 Å². The fourth-order valence-electron chi connectivity index (χ4n) is 2.31. The molecule has 1 aromatic heterocycles. The largest absolute Gasteiger partial charge is 0.699 e. The van der Waals surface area contributed by atoms with Crippen LogP contribution in [0.2, 0.25) is 0 Å². The van der Waals surface area contributed by atoms with Crippen molar-refractivity contribution in [3.8, 4) is 5.75 Å². The average Bonchev–Trinajstić information content (AvgIpc) is 3.05. The molecule has 3 aromatic rings. The van der Waals surface area contributed by atoms with Gasteiger partial charge in [-0.1, -0.05) is 36.4 Å². The summed E-state index contributed by atoms with van der Waals surface area (Å²) in [5, 5.41) is 30.1. The van der Waals surface area contributed by atoms with Gasteiger partial charge in [-0.25, -0.2) is 0 Å². The number of thiophene rings is 1. The van der Waals surface area contributed by atoms with Crippen molar-refractivity contribution in [3.05, 3.63) is 87.3 Å². The van der Waals surface area contributed by atoms with Gasteiger partial charge in [-0.2, -0.15) is 0 Å². The smallest absolute Gasteiger partial charge is 0.115 e. The van der Waals surface area contributed by atoms with Crippen LogP contribution in [0.5, 0.6) is 5.75 Å². The van der Waals surface area contributed by atoms with E-state index >= 15 is 0 Å². The molecular weight excluding hydrogens is 537 g/mol. The van der Waals surface area contributed by atoms with E-state index in [1.807, 2.05) is 0 Å². The molecule has 0 saturated carbocycles. The van der Waals surface area contributed by atoms with Gasteiger partial charge in [0.25, 0.3) is 0 Å². The SMILES string of the molecule is [Ac].[NH-]c1ccc(C(O)c2ccc(C(O)c3ccc(O)cc3)s2)cc1. The fraction of sp³-hybridized carbons (Fsp3) is 0.111. The molecule has 4 nitrogen and oxygen atoms in total. The average molecular weight is 553 g/mol. The maximum atomic E-state index is 10.4. The predicted molar refractivity (Wildman–Crippen MR) is 91.0 cm³/mol. The molecule has 0 bridgehead atoms. The van der Waals surface area contributed by atoms with E-state index in [4.69, 9.17) is 5.73 Å². The van der Waals surface area contributed by atoms with E-state index in [2.05, 4.69) is 0 Å². The zero-order chi connectivity index (χ0) is 16.4. The van der Waals surface area contributed by atoms with Crippen molar-refractivity contribution in [3.63, 3.8) is 0 Å². The number of aliphatic hydroxyl groups is 2.